The highest BCUT2D eigenvalue weighted by Gasteiger charge is 2.14. The van der Waals surface area contributed by atoms with Crippen molar-refractivity contribution >= 4 is 34.1 Å². The molecule has 0 radical (unpaired) electrons. The van der Waals surface area contributed by atoms with Crippen molar-refractivity contribution in [2.75, 3.05) is 5.32 Å². The van der Waals surface area contributed by atoms with Gasteiger partial charge in [0.2, 0.25) is 0 Å². The number of amides is 1. The zero-order valence-electron chi connectivity index (χ0n) is 13.2. The Hall–Kier alpha value is -2.73. The van der Waals surface area contributed by atoms with Crippen molar-refractivity contribution in [3.8, 4) is 0 Å². The molecule has 3 aromatic rings. The predicted octanol–water partition coefficient (Wildman–Crippen LogP) is 4.19. The van der Waals surface area contributed by atoms with Crippen LogP contribution in [0.25, 0.3) is 10.9 Å². The molecule has 0 aliphatic rings. The van der Waals surface area contributed by atoms with E-state index in [-0.39, 0.29) is 17.1 Å². The summed E-state index contributed by atoms with van der Waals surface area (Å²) in [5.74, 6) is -1.88. The van der Waals surface area contributed by atoms with E-state index in [2.05, 4.69) is 10.3 Å². The van der Waals surface area contributed by atoms with E-state index in [0.717, 1.165) is 12.1 Å². The van der Waals surface area contributed by atoms with E-state index in [4.69, 9.17) is 17.3 Å². The van der Waals surface area contributed by atoms with Gasteiger partial charge in [-0.2, -0.15) is 0 Å². The zero-order valence-corrected chi connectivity index (χ0v) is 14.0. The predicted molar refractivity (Wildman–Crippen MR) is 93.7 cm³/mol. The van der Waals surface area contributed by atoms with E-state index in [1.165, 1.54) is 0 Å². The summed E-state index contributed by atoms with van der Waals surface area (Å²) in [6, 6.07) is 8.79. The molecule has 0 spiro atoms. The Balaban J connectivity index is 2.04. The third kappa shape index (κ3) is 3.25. The first-order chi connectivity index (χ1) is 11.9. The van der Waals surface area contributed by atoms with Crippen molar-refractivity contribution in [3.63, 3.8) is 0 Å². The maximum Gasteiger partial charge on any atom is 0.250 e. The van der Waals surface area contributed by atoms with Crippen LogP contribution in [0, 0.1) is 18.6 Å². The Morgan fingerprint density at radius 2 is 1.96 bits per heavy atom. The largest absolute Gasteiger partial charge is 0.380 e. The highest BCUT2D eigenvalue weighted by molar-refractivity contribution is 6.31. The number of rotatable bonds is 4. The Bertz CT molecular complexity index is 992. The fourth-order valence-corrected chi connectivity index (χ4v) is 2.86. The van der Waals surface area contributed by atoms with Gasteiger partial charge in [0.15, 0.2) is 0 Å². The smallest absolute Gasteiger partial charge is 0.250 e. The molecule has 0 saturated heterocycles. The number of aryl methyl sites for hydroxylation is 1. The molecule has 0 aliphatic heterocycles. The van der Waals surface area contributed by atoms with E-state index >= 15 is 0 Å². The first kappa shape index (κ1) is 17.1. The van der Waals surface area contributed by atoms with Crippen molar-refractivity contribution in [3.05, 3.63) is 69.9 Å². The monoisotopic (exact) mass is 361 g/mol. The molecule has 1 aromatic heterocycles. The van der Waals surface area contributed by atoms with Gasteiger partial charge in [-0.3, -0.25) is 9.78 Å². The lowest BCUT2D eigenvalue weighted by molar-refractivity contribution is 0.100. The number of halogens is 3. The molecule has 1 amide bonds. The second-order valence-corrected chi connectivity index (χ2v) is 5.93. The van der Waals surface area contributed by atoms with Gasteiger partial charge in [0.05, 0.1) is 16.1 Å². The van der Waals surface area contributed by atoms with Crippen LogP contribution in [-0.4, -0.2) is 10.9 Å². The minimum Gasteiger partial charge on any atom is -0.380 e. The first-order valence-corrected chi connectivity index (χ1v) is 7.82. The third-order valence-electron chi connectivity index (χ3n) is 3.83. The van der Waals surface area contributed by atoms with Crippen molar-refractivity contribution in [1.29, 1.82) is 0 Å². The topological polar surface area (TPSA) is 68.0 Å². The molecule has 0 unspecified atom stereocenters. The van der Waals surface area contributed by atoms with Crippen molar-refractivity contribution < 1.29 is 13.6 Å². The summed E-state index contributed by atoms with van der Waals surface area (Å²) in [5, 5.41) is 3.42. The number of nitrogens with zero attached hydrogens (tertiary/aromatic N) is 1. The average molecular weight is 362 g/mol. The number of primary amides is 1. The van der Waals surface area contributed by atoms with E-state index in [9.17, 15) is 13.6 Å². The maximum absolute atomic E-state index is 13.9. The number of aromatic nitrogens is 1. The van der Waals surface area contributed by atoms with Crippen LogP contribution in [-0.2, 0) is 6.54 Å². The van der Waals surface area contributed by atoms with Gasteiger partial charge >= 0.3 is 0 Å². The van der Waals surface area contributed by atoms with Gasteiger partial charge in [0, 0.05) is 28.9 Å². The van der Waals surface area contributed by atoms with Gasteiger partial charge in [0.1, 0.15) is 11.6 Å². The standard InChI is InChI=1S/C18H14ClF2N3O/c1-9-7-15(10-3-2-4-11(18(22)25)17(10)24-9)23-8-12-13(20)5-6-14(21)16(12)19/h2-7H,8H2,1H3,(H2,22,25)(H,23,24). The average Bonchev–Trinajstić information content (AvgIpc) is 2.57. The summed E-state index contributed by atoms with van der Waals surface area (Å²) in [7, 11) is 0. The second-order valence-electron chi connectivity index (χ2n) is 5.55. The lowest BCUT2D eigenvalue weighted by atomic mass is 10.1. The van der Waals surface area contributed by atoms with E-state index < -0.39 is 17.5 Å². The molecule has 1 heterocycles. The lowest BCUT2D eigenvalue weighted by Crippen LogP contribution is -2.12. The molecule has 0 fully saturated rings. The quantitative estimate of drug-likeness (QED) is 0.685. The molecular formula is C18H14ClF2N3O. The van der Waals surface area contributed by atoms with Gasteiger partial charge < -0.3 is 11.1 Å². The molecule has 0 saturated carbocycles. The van der Waals surface area contributed by atoms with Gasteiger partial charge in [-0.05, 0) is 31.2 Å². The second kappa shape index (κ2) is 6.64. The molecule has 0 atom stereocenters. The molecule has 7 heteroatoms. The highest BCUT2D eigenvalue weighted by atomic mass is 35.5. The Labute approximate surface area is 147 Å². The number of benzene rings is 2. The van der Waals surface area contributed by atoms with E-state index in [0.29, 0.717) is 27.8 Å². The minimum absolute atomic E-state index is 0.0235. The number of nitrogens with two attached hydrogens (primary N) is 1. The Kier molecular flexibility index (Phi) is 4.55. The third-order valence-corrected chi connectivity index (χ3v) is 4.24. The molecule has 3 rings (SSSR count). The summed E-state index contributed by atoms with van der Waals surface area (Å²) in [5.41, 5.74) is 7.42. The molecule has 0 bridgehead atoms. The van der Waals surface area contributed by atoms with Crippen molar-refractivity contribution in [2.45, 2.75) is 13.5 Å². The van der Waals surface area contributed by atoms with Crippen LogP contribution < -0.4 is 11.1 Å². The number of carbonyl (C=O) groups excluding carboxylic acids is 1. The lowest BCUT2D eigenvalue weighted by Gasteiger charge is -2.13. The molecule has 0 aliphatic carbocycles. The summed E-state index contributed by atoms with van der Waals surface area (Å²) in [4.78, 5) is 16.0. The molecule has 25 heavy (non-hydrogen) atoms. The van der Waals surface area contributed by atoms with E-state index in [1.807, 2.05) is 0 Å². The Morgan fingerprint density at radius 3 is 2.68 bits per heavy atom. The van der Waals surface area contributed by atoms with Crippen LogP contribution in [0.1, 0.15) is 21.6 Å². The van der Waals surface area contributed by atoms with Gasteiger partial charge in [-0.1, -0.05) is 23.7 Å². The normalized spacial score (nSPS) is 10.9. The van der Waals surface area contributed by atoms with Crippen LogP contribution in [0.5, 0.6) is 0 Å². The first-order valence-electron chi connectivity index (χ1n) is 7.45. The minimum atomic E-state index is -0.688. The highest BCUT2D eigenvalue weighted by Crippen LogP contribution is 2.28. The van der Waals surface area contributed by atoms with Gasteiger partial charge in [-0.15, -0.1) is 0 Å². The van der Waals surface area contributed by atoms with Crippen LogP contribution in [0.15, 0.2) is 36.4 Å². The molecule has 2 aromatic carbocycles. The summed E-state index contributed by atoms with van der Waals surface area (Å²) < 4.78 is 27.5. The van der Waals surface area contributed by atoms with Gasteiger partial charge in [0.25, 0.3) is 5.91 Å². The summed E-state index contributed by atoms with van der Waals surface area (Å²) in [6.07, 6.45) is 0. The molecule has 4 nitrogen and oxygen atoms in total. The molecular weight excluding hydrogens is 348 g/mol. The van der Waals surface area contributed by atoms with Gasteiger partial charge in [-0.25, -0.2) is 8.78 Å². The SMILES string of the molecule is Cc1cc(NCc2c(F)ccc(F)c2Cl)c2cccc(C(N)=O)c2n1. The van der Waals surface area contributed by atoms with Crippen molar-refractivity contribution in [1.82, 2.24) is 4.98 Å². The number of pyridine rings is 1. The zero-order chi connectivity index (χ0) is 18.1. The number of para-hydroxylation sites is 1. The van der Waals surface area contributed by atoms with E-state index in [1.54, 1.807) is 31.2 Å². The fraction of sp³-hybridized carbons (Fsp3) is 0.111. The van der Waals surface area contributed by atoms with Crippen LogP contribution in [0.3, 0.4) is 0 Å². The summed E-state index contributed by atoms with van der Waals surface area (Å²) >= 11 is 5.85. The number of hydrogen-bond acceptors (Lipinski definition) is 3. The number of carbonyl (C=O) groups is 1. The number of hydrogen-bond donors (Lipinski definition) is 2. The van der Waals surface area contributed by atoms with Crippen molar-refractivity contribution in [2.24, 2.45) is 5.73 Å². The molecule has 3 N–H and O–H groups in total. The number of nitrogens with one attached hydrogen (secondary N) is 1. The summed E-state index contributed by atoms with van der Waals surface area (Å²) in [6.45, 7) is 1.74. The number of fused-ring (bicyclic) bond motifs is 1. The fourth-order valence-electron chi connectivity index (χ4n) is 2.64. The Morgan fingerprint density at radius 1 is 1.24 bits per heavy atom. The van der Waals surface area contributed by atoms with Crippen LogP contribution in [0.2, 0.25) is 5.02 Å². The maximum atomic E-state index is 13.9. The van der Waals surface area contributed by atoms with Crippen LogP contribution in [0.4, 0.5) is 14.5 Å². The van der Waals surface area contributed by atoms with Crippen LogP contribution >= 0.6 is 11.6 Å². The number of anilines is 1. The molecule has 128 valence electrons.